The van der Waals surface area contributed by atoms with Crippen LogP contribution in [-0.2, 0) is 17.8 Å². The number of aliphatic hydroxyl groups excluding tert-OH is 1. The number of carbonyl (C=O) groups excluding carboxylic acids is 1. The molecule has 0 aromatic carbocycles. The summed E-state index contributed by atoms with van der Waals surface area (Å²) in [7, 11) is 1.58. The number of amides is 1. The number of carbonyl (C=O) groups is 1. The maximum absolute atomic E-state index is 11.5. The quantitative estimate of drug-likeness (QED) is 0.447. The summed E-state index contributed by atoms with van der Waals surface area (Å²) in [6, 6.07) is 7.27. The Hall–Kier alpha value is -3.05. The average molecular weight is 499 g/mol. The number of aliphatic hydroxyl groups is 1. The maximum atomic E-state index is 11.5. The molecule has 3 N–H and O–H groups in total. The van der Waals surface area contributed by atoms with Gasteiger partial charge in [0.1, 0.15) is 0 Å². The fraction of sp³-hybridized carbons (Fsp3) is 0.417. The Kier molecular flexibility index (Phi) is 6.96. The number of hydrogen-bond donors (Lipinski definition) is 3. The lowest BCUT2D eigenvalue weighted by atomic mass is 10.0. The van der Waals surface area contributed by atoms with Crippen LogP contribution in [0.3, 0.4) is 0 Å². The fourth-order valence-electron chi connectivity index (χ4n) is 4.48. The van der Waals surface area contributed by atoms with Crippen molar-refractivity contribution >= 4 is 34.4 Å². The zero-order chi connectivity index (χ0) is 24.4. The Labute approximate surface area is 207 Å². The van der Waals surface area contributed by atoms with E-state index in [0.29, 0.717) is 42.0 Å². The van der Waals surface area contributed by atoms with Crippen LogP contribution in [0.2, 0.25) is 5.02 Å². The largest absolute Gasteiger partial charge is 0.481 e. The molecule has 1 amide bonds. The van der Waals surface area contributed by atoms with Gasteiger partial charge in [0.15, 0.2) is 18.2 Å². The van der Waals surface area contributed by atoms with Crippen LogP contribution in [0.5, 0.6) is 11.6 Å². The fourth-order valence-corrected chi connectivity index (χ4v) is 4.71. The van der Waals surface area contributed by atoms with E-state index in [2.05, 4.69) is 30.5 Å². The van der Waals surface area contributed by atoms with E-state index < -0.39 is 6.10 Å². The van der Waals surface area contributed by atoms with E-state index in [1.165, 1.54) is 0 Å². The van der Waals surface area contributed by atoms with E-state index in [1.54, 1.807) is 25.4 Å². The first-order chi connectivity index (χ1) is 17.0. The molecule has 35 heavy (non-hydrogen) atoms. The van der Waals surface area contributed by atoms with Crippen molar-refractivity contribution in [2.75, 3.05) is 38.7 Å². The molecule has 1 saturated heterocycles. The lowest BCUT2D eigenvalue weighted by molar-refractivity contribution is -0.118. The third kappa shape index (κ3) is 5.30. The molecule has 0 radical (unpaired) electrons. The van der Waals surface area contributed by atoms with Crippen LogP contribution < -0.4 is 20.1 Å². The van der Waals surface area contributed by atoms with Crippen molar-refractivity contribution in [1.29, 1.82) is 0 Å². The zero-order valence-electron chi connectivity index (χ0n) is 19.3. The number of piperidine rings is 1. The minimum Gasteiger partial charge on any atom is -0.481 e. The number of rotatable bonds is 7. The van der Waals surface area contributed by atoms with Gasteiger partial charge in [-0.2, -0.15) is 0 Å². The number of β-amino-alcohol motifs (C(OH)–C–C–N with tert-alkyl or cyclic N) is 1. The molecule has 184 valence electrons. The number of nitrogens with zero attached hydrogens (tertiary/aromatic N) is 4. The van der Waals surface area contributed by atoms with E-state index in [1.807, 2.05) is 12.1 Å². The van der Waals surface area contributed by atoms with Gasteiger partial charge >= 0.3 is 0 Å². The minimum absolute atomic E-state index is 0.00530. The number of anilines is 1. The highest BCUT2D eigenvalue weighted by Gasteiger charge is 2.28. The monoisotopic (exact) mass is 498 g/mol. The average Bonchev–Trinajstić information content (AvgIpc) is 2.87. The SMILES string of the molecule is COc1ccc2ncc(Cl)c(CCN3CC[C@H](NCc4ccc5c(n4)NC(=O)CO5)[C@@H](O)C3)c2n1. The lowest BCUT2D eigenvalue weighted by Crippen LogP contribution is -2.52. The minimum atomic E-state index is -0.521. The van der Waals surface area contributed by atoms with Gasteiger partial charge in [-0.1, -0.05) is 11.6 Å². The van der Waals surface area contributed by atoms with Crippen molar-refractivity contribution in [3.05, 3.63) is 46.7 Å². The Balaban J connectivity index is 1.16. The molecule has 11 heteroatoms. The molecule has 0 aliphatic carbocycles. The van der Waals surface area contributed by atoms with Crippen LogP contribution in [0, 0.1) is 0 Å². The third-order valence-electron chi connectivity index (χ3n) is 6.37. The molecule has 1 fully saturated rings. The summed E-state index contributed by atoms with van der Waals surface area (Å²) in [6.07, 6.45) is 2.62. The molecular formula is C24H27ClN6O4. The number of halogens is 1. The molecule has 3 aromatic rings. The van der Waals surface area contributed by atoms with Gasteiger partial charge in [0, 0.05) is 43.5 Å². The van der Waals surface area contributed by atoms with Crippen molar-refractivity contribution in [2.24, 2.45) is 0 Å². The van der Waals surface area contributed by atoms with Gasteiger partial charge in [0.05, 0.1) is 35.0 Å². The molecule has 2 aliphatic heterocycles. The predicted octanol–water partition coefficient (Wildman–Crippen LogP) is 1.79. The van der Waals surface area contributed by atoms with Gasteiger partial charge in [0.2, 0.25) is 5.88 Å². The van der Waals surface area contributed by atoms with Crippen LogP contribution in [0.1, 0.15) is 17.7 Å². The third-order valence-corrected chi connectivity index (χ3v) is 6.70. The van der Waals surface area contributed by atoms with Crippen molar-refractivity contribution < 1.29 is 19.4 Å². The highest BCUT2D eigenvalue weighted by Crippen LogP contribution is 2.27. The Morgan fingerprint density at radius 1 is 1.31 bits per heavy atom. The van der Waals surface area contributed by atoms with Gasteiger partial charge in [-0.3, -0.25) is 9.78 Å². The smallest absolute Gasteiger partial charge is 0.263 e. The normalized spacial score (nSPS) is 20.3. The number of hydrogen-bond acceptors (Lipinski definition) is 9. The molecule has 2 aliphatic rings. The molecule has 0 bridgehead atoms. The van der Waals surface area contributed by atoms with Crippen LogP contribution in [0.25, 0.3) is 11.0 Å². The number of ether oxygens (including phenoxy) is 2. The molecule has 5 rings (SSSR count). The van der Waals surface area contributed by atoms with Crippen molar-refractivity contribution in [3.63, 3.8) is 0 Å². The van der Waals surface area contributed by atoms with Gasteiger partial charge < -0.3 is 30.1 Å². The molecule has 2 atom stereocenters. The highest BCUT2D eigenvalue weighted by atomic mass is 35.5. The summed E-state index contributed by atoms with van der Waals surface area (Å²) in [6.45, 7) is 2.63. The van der Waals surface area contributed by atoms with Crippen LogP contribution in [0.4, 0.5) is 5.82 Å². The summed E-state index contributed by atoms with van der Waals surface area (Å²) in [5.41, 5.74) is 3.22. The van der Waals surface area contributed by atoms with Gasteiger partial charge in [-0.05, 0) is 37.6 Å². The summed E-state index contributed by atoms with van der Waals surface area (Å²) >= 11 is 6.46. The van der Waals surface area contributed by atoms with Gasteiger partial charge in [-0.15, -0.1) is 0 Å². The molecule has 10 nitrogen and oxygen atoms in total. The van der Waals surface area contributed by atoms with E-state index >= 15 is 0 Å². The first-order valence-corrected chi connectivity index (χ1v) is 11.9. The second-order valence-electron chi connectivity index (χ2n) is 8.69. The van der Waals surface area contributed by atoms with Crippen LogP contribution in [0.15, 0.2) is 30.5 Å². The van der Waals surface area contributed by atoms with Crippen molar-refractivity contribution in [1.82, 2.24) is 25.2 Å². The molecule has 3 aromatic heterocycles. The Bertz CT molecular complexity index is 1240. The van der Waals surface area contributed by atoms with E-state index in [4.69, 9.17) is 21.1 Å². The van der Waals surface area contributed by atoms with E-state index in [0.717, 1.165) is 41.8 Å². The number of methoxy groups -OCH3 is 1. The van der Waals surface area contributed by atoms with Gasteiger partial charge in [0.25, 0.3) is 5.91 Å². The topological polar surface area (TPSA) is 122 Å². The molecule has 0 spiro atoms. The van der Waals surface area contributed by atoms with Crippen molar-refractivity contribution in [2.45, 2.75) is 31.5 Å². The molecule has 5 heterocycles. The number of likely N-dealkylation sites (tertiary alicyclic amines) is 1. The number of fused-ring (bicyclic) bond motifs is 2. The first kappa shape index (κ1) is 23.7. The summed E-state index contributed by atoms with van der Waals surface area (Å²) < 4.78 is 10.6. The van der Waals surface area contributed by atoms with Crippen LogP contribution >= 0.6 is 11.6 Å². The number of pyridine rings is 3. The zero-order valence-corrected chi connectivity index (χ0v) is 20.1. The Morgan fingerprint density at radius 2 is 2.20 bits per heavy atom. The highest BCUT2D eigenvalue weighted by molar-refractivity contribution is 6.32. The lowest BCUT2D eigenvalue weighted by Gasteiger charge is -2.36. The summed E-state index contributed by atoms with van der Waals surface area (Å²) in [5, 5.41) is 17.5. The number of aromatic nitrogens is 3. The van der Waals surface area contributed by atoms with E-state index in [9.17, 15) is 9.90 Å². The maximum Gasteiger partial charge on any atom is 0.263 e. The first-order valence-electron chi connectivity index (χ1n) is 11.5. The second-order valence-corrected chi connectivity index (χ2v) is 9.09. The predicted molar refractivity (Wildman–Crippen MR) is 131 cm³/mol. The van der Waals surface area contributed by atoms with E-state index in [-0.39, 0.29) is 18.6 Å². The summed E-state index contributed by atoms with van der Waals surface area (Å²) in [4.78, 5) is 27.1. The molecule has 0 saturated carbocycles. The molecular weight excluding hydrogens is 472 g/mol. The summed E-state index contributed by atoms with van der Waals surface area (Å²) in [5.74, 6) is 1.31. The Morgan fingerprint density at radius 3 is 3.03 bits per heavy atom. The number of nitrogens with one attached hydrogen (secondary N) is 2. The van der Waals surface area contributed by atoms with Crippen LogP contribution in [-0.4, -0.2) is 76.4 Å². The standard InChI is InChI=1S/C24H27ClN6O4/c1-34-22-5-3-18-23(30-22)15(16(25)11-27-18)6-8-31-9-7-17(19(32)12-31)26-10-14-2-4-20-24(28-14)29-21(33)13-35-20/h2-5,11,17,19,26,32H,6-10,12-13H2,1H3,(H,28,29,33)/t17-,19-/m0/s1. The second kappa shape index (κ2) is 10.3. The van der Waals surface area contributed by atoms with Gasteiger partial charge in [-0.25, -0.2) is 9.97 Å². The van der Waals surface area contributed by atoms with Crippen molar-refractivity contribution in [3.8, 4) is 11.6 Å². The molecule has 0 unspecified atom stereocenters.